The summed E-state index contributed by atoms with van der Waals surface area (Å²) >= 11 is 0. The maximum Gasteiger partial charge on any atom is 0.319 e. The highest BCUT2D eigenvalue weighted by Gasteiger charge is 2.25. The van der Waals surface area contributed by atoms with Crippen molar-refractivity contribution in [2.45, 2.75) is 39.7 Å². The molecule has 1 aliphatic rings. The molecule has 1 saturated heterocycles. The lowest BCUT2D eigenvalue weighted by molar-refractivity contribution is -0.135. The van der Waals surface area contributed by atoms with Gasteiger partial charge in [-0.05, 0) is 31.0 Å². The summed E-state index contributed by atoms with van der Waals surface area (Å²) in [5.74, 6) is -0.870. The van der Waals surface area contributed by atoms with Crippen molar-refractivity contribution in [2.75, 3.05) is 23.7 Å². The highest BCUT2D eigenvalue weighted by Crippen LogP contribution is 2.20. The number of hydrogen-bond donors (Lipinski definition) is 3. The van der Waals surface area contributed by atoms with E-state index in [1.54, 1.807) is 0 Å². The van der Waals surface area contributed by atoms with E-state index in [9.17, 15) is 18.8 Å². The molecule has 8 heteroatoms. The number of benzene rings is 1. The van der Waals surface area contributed by atoms with Gasteiger partial charge in [-0.1, -0.05) is 13.8 Å². The second-order valence-electron chi connectivity index (χ2n) is 6.73. The number of carbonyl (C=O) groups is 3. The van der Waals surface area contributed by atoms with Gasteiger partial charge in [-0.3, -0.25) is 9.59 Å². The van der Waals surface area contributed by atoms with Crippen LogP contribution in [0.1, 0.15) is 33.6 Å². The van der Waals surface area contributed by atoms with Gasteiger partial charge in [0.1, 0.15) is 5.82 Å². The molecule has 2 rings (SSSR count). The minimum atomic E-state index is -0.576. The Balaban J connectivity index is 1.86. The topological polar surface area (TPSA) is 90.5 Å². The predicted octanol–water partition coefficient (Wildman–Crippen LogP) is 2.55. The minimum Gasteiger partial charge on any atom is -0.342 e. The third kappa shape index (κ3) is 5.44. The number of hydrogen-bond acceptors (Lipinski definition) is 3. The van der Waals surface area contributed by atoms with Crippen LogP contribution in [0.15, 0.2) is 18.2 Å². The van der Waals surface area contributed by atoms with Crippen LogP contribution < -0.4 is 16.0 Å². The molecule has 0 radical (unpaired) electrons. The van der Waals surface area contributed by atoms with Crippen LogP contribution in [0.3, 0.4) is 0 Å². The number of piperidine rings is 1. The number of nitrogens with one attached hydrogen (secondary N) is 3. The quantitative estimate of drug-likeness (QED) is 0.767. The third-order valence-corrected chi connectivity index (χ3v) is 4.17. The molecule has 26 heavy (non-hydrogen) atoms. The molecule has 0 unspecified atom stereocenters. The normalized spacial score (nSPS) is 14.9. The summed E-state index contributed by atoms with van der Waals surface area (Å²) in [4.78, 5) is 37.0. The molecule has 0 aliphatic carbocycles. The van der Waals surface area contributed by atoms with E-state index in [1.807, 2.05) is 18.7 Å². The maximum atomic E-state index is 13.6. The zero-order valence-electron chi connectivity index (χ0n) is 15.3. The van der Waals surface area contributed by atoms with E-state index in [0.29, 0.717) is 31.6 Å². The molecule has 3 N–H and O–H groups in total. The predicted molar refractivity (Wildman–Crippen MR) is 97.3 cm³/mol. The summed E-state index contributed by atoms with van der Waals surface area (Å²) in [5.41, 5.74) is 0.385. The van der Waals surface area contributed by atoms with Crippen LogP contribution in [-0.2, 0) is 9.59 Å². The zero-order valence-corrected chi connectivity index (χ0v) is 15.3. The largest absolute Gasteiger partial charge is 0.342 e. The van der Waals surface area contributed by atoms with Crippen LogP contribution in [-0.4, -0.2) is 41.9 Å². The van der Waals surface area contributed by atoms with Gasteiger partial charge < -0.3 is 20.9 Å². The maximum absolute atomic E-state index is 13.6. The molecular formula is C18H25FN4O3. The fourth-order valence-electron chi connectivity index (χ4n) is 2.85. The Morgan fingerprint density at radius 3 is 2.38 bits per heavy atom. The summed E-state index contributed by atoms with van der Waals surface area (Å²) in [6.45, 7) is 6.26. The first kappa shape index (κ1) is 19.7. The van der Waals surface area contributed by atoms with E-state index in [1.165, 1.54) is 25.1 Å². The number of amides is 4. The second-order valence-corrected chi connectivity index (χ2v) is 6.73. The van der Waals surface area contributed by atoms with Crippen LogP contribution in [0.5, 0.6) is 0 Å². The number of nitrogens with zero attached hydrogens (tertiary/aromatic N) is 1. The zero-order chi connectivity index (χ0) is 19.3. The lowest BCUT2D eigenvalue weighted by atomic mass is 10.0. The van der Waals surface area contributed by atoms with Crippen LogP contribution in [0.2, 0.25) is 0 Å². The lowest BCUT2D eigenvalue weighted by Crippen LogP contribution is -2.48. The van der Waals surface area contributed by atoms with E-state index in [2.05, 4.69) is 16.0 Å². The van der Waals surface area contributed by atoms with Gasteiger partial charge in [0.05, 0.1) is 5.69 Å². The van der Waals surface area contributed by atoms with E-state index < -0.39 is 17.8 Å². The molecule has 0 bridgehead atoms. The average Bonchev–Trinajstić information content (AvgIpc) is 2.57. The van der Waals surface area contributed by atoms with E-state index in [-0.39, 0.29) is 23.6 Å². The fourth-order valence-corrected chi connectivity index (χ4v) is 2.85. The average molecular weight is 364 g/mol. The molecule has 142 valence electrons. The molecule has 4 amide bonds. The van der Waals surface area contributed by atoms with Gasteiger partial charge >= 0.3 is 6.03 Å². The van der Waals surface area contributed by atoms with Crippen molar-refractivity contribution in [1.29, 1.82) is 0 Å². The molecule has 0 atom stereocenters. The standard InChI is InChI=1S/C18H25FN4O3/c1-11(2)17(25)23-8-6-13(7-9-23)21-18(26)22-14-4-5-15(19)16(10-14)20-12(3)24/h4-5,10-11,13H,6-9H2,1-3H3,(H,20,24)(H2,21,22,26). The number of urea groups is 1. The van der Waals surface area contributed by atoms with Gasteiger partial charge in [0.25, 0.3) is 0 Å². The SMILES string of the molecule is CC(=O)Nc1cc(NC(=O)NC2CCN(C(=O)C(C)C)CC2)ccc1F. The number of likely N-dealkylation sites (tertiary alicyclic amines) is 1. The fraction of sp³-hybridized carbons (Fsp3) is 0.500. The summed E-state index contributed by atoms with van der Waals surface area (Å²) in [6, 6.07) is 3.53. The van der Waals surface area contributed by atoms with Crippen molar-refractivity contribution in [1.82, 2.24) is 10.2 Å². The van der Waals surface area contributed by atoms with Gasteiger partial charge in [-0.25, -0.2) is 9.18 Å². The van der Waals surface area contributed by atoms with Crippen molar-refractivity contribution < 1.29 is 18.8 Å². The van der Waals surface area contributed by atoms with Gasteiger partial charge in [0, 0.05) is 37.7 Å². The molecule has 0 saturated carbocycles. The first-order valence-corrected chi connectivity index (χ1v) is 8.69. The Labute approximate surface area is 152 Å². The van der Waals surface area contributed by atoms with Crippen molar-refractivity contribution in [3.63, 3.8) is 0 Å². The lowest BCUT2D eigenvalue weighted by Gasteiger charge is -2.33. The van der Waals surface area contributed by atoms with Gasteiger partial charge in [-0.2, -0.15) is 0 Å². The first-order chi connectivity index (χ1) is 12.3. The Kier molecular flexibility index (Phi) is 6.54. The second kappa shape index (κ2) is 8.64. The van der Waals surface area contributed by atoms with Crippen molar-refractivity contribution in [3.8, 4) is 0 Å². The molecular weight excluding hydrogens is 339 g/mol. The van der Waals surface area contributed by atoms with Crippen LogP contribution in [0, 0.1) is 11.7 Å². The van der Waals surface area contributed by atoms with Gasteiger partial charge in [0.15, 0.2) is 0 Å². The Hall–Kier alpha value is -2.64. The molecule has 1 aromatic carbocycles. The van der Waals surface area contributed by atoms with Crippen molar-refractivity contribution in [2.24, 2.45) is 5.92 Å². The molecule has 1 aliphatic heterocycles. The summed E-state index contributed by atoms with van der Waals surface area (Å²) in [6.07, 6.45) is 1.37. The summed E-state index contributed by atoms with van der Waals surface area (Å²) in [5, 5.41) is 7.87. The monoisotopic (exact) mass is 364 g/mol. The number of anilines is 2. The molecule has 1 heterocycles. The molecule has 7 nitrogen and oxygen atoms in total. The smallest absolute Gasteiger partial charge is 0.319 e. The Morgan fingerprint density at radius 1 is 1.15 bits per heavy atom. The van der Waals surface area contributed by atoms with E-state index in [4.69, 9.17) is 0 Å². The summed E-state index contributed by atoms with van der Waals surface area (Å²) in [7, 11) is 0. The molecule has 0 spiro atoms. The number of rotatable bonds is 4. The highest BCUT2D eigenvalue weighted by atomic mass is 19.1. The molecule has 0 aromatic heterocycles. The highest BCUT2D eigenvalue weighted by molar-refractivity contribution is 5.92. The third-order valence-electron chi connectivity index (χ3n) is 4.17. The van der Waals surface area contributed by atoms with Crippen LogP contribution in [0.25, 0.3) is 0 Å². The Bertz CT molecular complexity index is 685. The van der Waals surface area contributed by atoms with E-state index >= 15 is 0 Å². The molecule has 1 fully saturated rings. The summed E-state index contributed by atoms with van der Waals surface area (Å²) < 4.78 is 13.6. The number of carbonyl (C=O) groups excluding carboxylic acids is 3. The van der Waals surface area contributed by atoms with Gasteiger partial charge in [-0.15, -0.1) is 0 Å². The first-order valence-electron chi connectivity index (χ1n) is 8.69. The molecule has 1 aromatic rings. The van der Waals surface area contributed by atoms with Crippen molar-refractivity contribution >= 4 is 29.2 Å². The van der Waals surface area contributed by atoms with Crippen LogP contribution in [0.4, 0.5) is 20.6 Å². The Morgan fingerprint density at radius 2 is 1.81 bits per heavy atom. The van der Waals surface area contributed by atoms with Crippen molar-refractivity contribution in [3.05, 3.63) is 24.0 Å². The van der Waals surface area contributed by atoms with E-state index in [0.717, 1.165) is 0 Å². The van der Waals surface area contributed by atoms with Crippen LogP contribution >= 0.6 is 0 Å². The van der Waals surface area contributed by atoms with Gasteiger partial charge in [0.2, 0.25) is 11.8 Å². The number of halogens is 1. The minimum absolute atomic E-state index is 0.0100.